The number of hydrogen-bond acceptors (Lipinski definition) is 5. The number of carbonyl (C=O) groups is 3. The Hall–Kier alpha value is -3.29. The largest absolute Gasteiger partial charge is 0.467 e. The third kappa shape index (κ3) is 3.57. The van der Waals surface area contributed by atoms with Gasteiger partial charge in [0.25, 0.3) is 5.91 Å². The average Bonchev–Trinajstić information content (AvgIpc) is 3.47. The lowest BCUT2D eigenvalue weighted by Crippen LogP contribution is -2.44. The maximum absolute atomic E-state index is 13.2. The number of urea groups is 1. The molecule has 29 heavy (non-hydrogen) atoms. The third-order valence-corrected chi connectivity index (χ3v) is 5.39. The van der Waals surface area contributed by atoms with Crippen molar-refractivity contribution in [2.24, 2.45) is 0 Å². The zero-order chi connectivity index (χ0) is 20.4. The highest BCUT2D eigenvalue weighted by Gasteiger charge is 2.51. The van der Waals surface area contributed by atoms with Gasteiger partial charge in [-0.1, -0.05) is 6.08 Å². The number of hydrogen-bond donors (Lipinski definition) is 1. The van der Waals surface area contributed by atoms with Gasteiger partial charge in [0.15, 0.2) is 5.54 Å². The van der Waals surface area contributed by atoms with E-state index in [1.165, 1.54) is 6.26 Å². The van der Waals surface area contributed by atoms with Crippen molar-refractivity contribution in [1.29, 1.82) is 0 Å². The molecular weight excluding hydrogens is 374 g/mol. The molecule has 0 unspecified atom stereocenters. The van der Waals surface area contributed by atoms with Crippen molar-refractivity contribution in [2.45, 2.75) is 44.7 Å². The first-order chi connectivity index (χ1) is 14.0. The van der Waals surface area contributed by atoms with Crippen LogP contribution < -0.4 is 5.32 Å². The number of rotatable bonds is 6. The van der Waals surface area contributed by atoms with E-state index in [-0.39, 0.29) is 19.0 Å². The van der Waals surface area contributed by atoms with Gasteiger partial charge in [-0.05, 0) is 56.9 Å². The van der Waals surface area contributed by atoms with Crippen LogP contribution in [0.4, 0.5) is 4.79 Å². The average molecular weight is 397 g/mol. The minimum atomic E-state index is -1.32. The van der Waals surface area contributed by atoms with Crippen molar-refractivity contribution in [1.82, 2.24) is 15.1 Å². The molecule has 1 aliphatic carbocycles. The van der Waals surface area contributed by atoms with Crippen LogP contribution >= 0.6 is 0 Å². The van der Waals surface area contributed by atoms with Gasteiger partial charge in [-0.3, -0.25) is 14.5 Å². The Bertz CT molecular complexity index is 932. The fraction of sp³-hybridized carbons (Fsp3) is 0.381. The minimum absolute atomic E-state index is 0.261. The van der Waals surface area contributed by atoms with E-state index < -0.39 is 17.5 Å². The zero-order valence-electron chi connectivity index (χ0n) is 16.2. The number of carbonyl (C=O) groups excluding carboxylic acids is 3. The molecule has 0 spiro atoms. The molecule has 1 atom stereocenters. The number of amides is 4. The van der Waals surface area contributed by atoms with Crippen LogP contribution in [0, 0.1) is 0 Å². The summed E-state index contributed by atoms with van der Waals surface area (Å²) in [4.78, 5) is 41.2. The van der Waals surface area contributed by atoms with E-state index in [0.717, 1.165) is 36.3 Å². The van der Waals surface area contributed by atoms with E-state index in [0.29, 0.717) is 11.5 Å². The number of nitrogens with zero attached hydrogens (tertiary/aromatic N) is 2. The summed E-state index contributed by atoms with van der Waals surface area (Å²) in [7, 11) is 0. The third-order valence-electron chi connectivity index (χ3n) is 5.39. The van der Waals surface area contributed by atoms with Crippen molar-refractivity contribution in [3.63, 3.8) is 0 Å². The molecule has 4 amide bonds. The van der Waals surface area contributed by atoms with Crippen molar-refractivity contribution in [3.8, 4) is 0 Å². The summed E-state index contributed by atoms with van der Waals surface area (Å²) in [5, 5.41) is 2.64. The summed E-state index contributed by atoms with van der Waals surface area (Å²) in [5.74, 6) is 0.124. The minimum Gasteiger partial charge on any atom is -0.467 e. The number of furan rings is 2. The van der Waals surface area contributed by atoms with Crippen LogP contribution in [0.5, 0.6) is 0 Å². The van der Waals surface area contributed by atoms with Gasteiger partial charge < -0.3 is 19.1 Å². The lowest BCUT2D eigenvalue weighted by molar-refractivity contribution is -0.138. The molecule has 3 heterocycles. The normalized spacial score (nSPS) is 21.8. The first-order valence-electron chi connectivity index (χ1n) is 9.69. The predicted molar refractivity (Wildman–Crippen MR) is 102 cm³/mol. The van der Waals surface area contributed by atoms with Crippen LogP contribution in [0.2, 0.25) is 0 Å². The van der Waals surface area contributed by atoms with Gasteiger partial charge in [-0.2, -0.15) is 0 Å². The van der Waals surface area contributed by atoms with Crippen LogP contribution in [-0.4, -0.2) is 34.2 Å². The maximum atomic E-state index is 13.2. The molecule has 4 rings (SSSR count). The molecule has 8 heteroatoms. The quantitative estimate of drug-likeness (QED) is 0.756. The number of nitrogens with one attached hydrogen (secondary N) is 1. The smallest absolute Gasteiger partial charge is 0.325 e. The molecule has 2 aliphatic rings. The second-order valence-electron chi connectivity index (χ2n) is 7.42. The highest BCUT2D eigenvalue weighted by atomic mass is 16.3. The molecule has 0 aromatic carbocycles. The fourth-order valence-electron chi connectivity index (χ4n) is 3.77. The van der Waals surface area contributed by atoms with Crippen LogP contribution in [0.1, 0.15) is 44.1 Å². The highest BCUT2D eigenvalue weighted by molar-refractivity contribution is 6.08. The monoisotopic (exact) mass is 397 g/mol. The maximum Gasteiger partial charge on any atom is 0.325 e. The molecule has 1 aliphatic heterocycles. The van der Waals surface area contributed by atoms with Crippen LogP contribution in [-0.2, 0) is 21.7 Å². The molecule has 2 aromatic rings. The molecule has 8 nitrogen and oxygen atoms in total. The summed E-state index contributed by atoms with van der Waals surface area (Å²) < 4.78 is 10.7. The standard InChI is InChI=1S/C21H23N3O5/c1-21(17-10-6-12-29-17)19(26)24(20(27)22-21)14-18(25)23(13-16-9-5-11-28-16)15-7-3-2-4-8-15/h5-7,9-12H,2-4,8,13-14H2,1H3,(H,22,27)/t21-/m1/s1. The van der Waals surface area contributed by atoms with E-state index in [4.69, 9.17) is 8.83 Å². The van der Waals surface area contributed by atoms with E-state index in [2.05, 4.69) is 5.32 Å². The summed E-state index contributed by atoms with van der Waals surface area (Å²) >= 11 is 0. The SMILES string of the molecule is C[C@]1(c2ccco2)NC(=O)N(CC(=O)N(Cc2ccco2)C2=CCCCC2)C1=O. The molecule has 1 saturated heterocycles. The van der Waals surface area contributed by atoms with Gasteiger partial charge in [0, 0.05) is 5.70 Å². The van der Waals surface area contributed by atoms with E-state index >= 15 is 0 Å². The second-order valence-corrected chi connectivity index (χ2v) is 7.42. The summed E-state index contributed by atoms with van der Waals surface area (Å²) in [6, 6.07) is 6.22. The fourth-order valence-corrected chi connectivity index (χ4v) is 3.77. The topological polar surface area (TPSA) is 96.0 Å². The number of allylic oxidation sites excluding steroid dienone is 2. The summed E-state index contributed by atoms with van der Waals surface area (Å²) in [5.41, 5.74) is -0.421. The Morgan fingerprint density at radius 2 is 2.00 bits per heavy atom. The Labute approximate surface area is 168 Å². The van der Waals surface area contributed by atoms with Gasteiger partial charge in [-0.25, -0.2) is 4.79 Å². The van der Waals surface area contributed by atoms with Crippen molar-refractivity contribution in [3.05, 3.63) is 60.1 Å². The Morgan fingerprint density at radius 3 is 2.66 bits per heavy atom. The first-order valence-corrected chi connectivity index (χ1v) is 9.69. The van der Waals surface area contributed by atoms with Crippen LogP contribution in [0.25, 0.3) is 0 Å². The lowest BCUT2D eigenvalue weighted by Gasteiger charge is -2.28. The van der Waals surface area contributed by atoms with Gasteiger partial charge in [0.2, 0.25) is 5.91 Å². The molecule has 0 saturated carbocycles. The predicted octanol–water partition coefficient (Wildman–Crippen LogP) is 3.13. The Kier molecular flexibility index (Phi) is 5.00. The first kappa shape index (κ1) is 19.0. The molecule has 152 valence electrons. The molecule has 2 aromatic heterocycles. The van der Waals surface area contributed by atoms with Crippen LogP contribution in [0.15, 0.2) is 57.4 Å². The zero-order valence-corrected chi connectivity index (χ0v) is 16.2. The van der Waals surface area contributed by atoms with Gasteiger partial charge in [-0.15, -0.1) is 0 Å². The van der Waals surface area contributed by atoms with Crippen molar-refractivity contribution < 1.29 is 23.2 Å². The van der Waals surface area contributed by atoms with E-state index in [1.807, 2.05) is 6.08 Å². The van der Waals surface area contributed by atoms with Crippen molar-refractivity contribution in [2.75, 3.05) is 6.54 Å². The van der Waals surface area contributed by atoms with Gasteiger partial charge >= 0.3 is 6.03 Å². The van der Waals surface area contributed by atoms with Gasteiger partial charge in [0.05, 0.1) is 19.1 Å². The molecular formula is C21H23N3O5. The summed E-state index contributed by atoms with van der Waals surface area (Å²) in [6.45, 7) is 1.48. The molecule has 0 bridgehead atoms. The van der Waals surface area contributed by atoms with Gasteiger partial charge in [0.1, 0.15) is 18.1 Å². The second kappa shape index (κ2) is 7.62. The highest BCUT2D eigenvalue weighted by Crippen LogP contribution is 2.30. The molecule has 1 fully saturated rings. The van der Waals surface area contributed by atoms with E-state index in [9.17, 15) is 14.4 Å². The van der Waals surface area contributed by atoms with E-state index in [1.54, 1.807) is 42.4 Å². The summed E-state index contributed by atoms with van der Waals surface area (Å²) in [6.07, 6.45) is 8.79. The Balaban J connectivity index is 1.54. The van der Waals surface area contributed by atoms with Crippen LogP contribution in [0.3, 0.4) is 0 Å². The molecule has 1 N–H and O–H groups in total. The Morgan fingerprint density at radius 1 is 1.21 bits per heavy atom. The number of imide groups is 1. The van der Waals surface area contributed by atoms with Crippen molar-refractivity contribution >= 4 is 17.8 Å². The molecule has 0 radical (unpaired) electrons. The lowest BCUT2D eigenvalue weighted by atomic mass is 9.99.